The summed E-state index contributed by atoms with van der Waals surface area (Å²) in [5, 5.41) is 0.803. The van der Waals surface area contributed by atoms with Crippen molar-refractivity contribution >= 4 is 23.1 Å². The molecular weight excluding hydrogens is 334 g/mol. The Hall–Kier alpha value is -1.10. The Bertz CT molecular complexity index is 547. The van der Waals surface area contributed by atoms with Crippen molar-refractivity contribution in [2.45, 2.75) is 26.2 Å². The molecule has 0 spiro atoms. The number of benzene rings is 1. The van der Waals surface area contributed by atoms with E-state index in [1.54, 1.807) is 6.92 Å². The van der Waals surface area contributed by atoms with Gasteiger partial charge < -0.3 is 4.90 Å². The molecule has 0 radical (unpaired) electrons. The fourth-order valence-electron chi connectivity index (χ4n) is 3.99. The Kier molecular flexibility index (Phi) is 6.74. The van der Waals surface area contributed by atoms with Crippen LogP contribution in [-0.2, 0) is 4.79 Å². The molecule has 2 aliphatic rings. The second kappa shape index (κ2) is 9.02. The zero-order valence-corrected chi connectivity index (χ0v) is 16.0. The van der Waals surface area contributed by atoms with Crippen molar-refractivity contribution in [1.29, 1.82) is 0 Å². The van der Waals surface area contributed by atoms with Gasteiger partial charge in [0, 0.05) is 36.9 Å². The predicted octanol–water partition coefficient (Wildman–Crippen LogP) is 3.15. The molecule has 2 fully saturated rings. The van der Waals surface area contributed by atoms with Crippen LogP contribution in [0.3, 0.4) is 0 Å². The summed E-state index contributed by atoms with van der Waals surface area (Å²) < 4.78 is 0. The van der Waals surface area contributed by atoms with Gasteiger partial charge in [-0.05, 0) is 76.0 Å². The molecule has 1 aromatic rings. The Balaban J connectivity index is 1.34. The highest BCUT2D eigenvalue weighted by atomic mass is 35.5. The molecular formula is C20H30ClN3O. The van der Waals surface area contributed by atoms with Crippen LogP contribution in [0.15, 0.2) is 24.3 Å². The summed E-state index contributed by atoms with van der Waals surface area (Å²) in [5.41, 5.74) is 1.28. The van der Waals surface area contributed by atoms with Gasteiger partial charge in [0.1, 0.15) is 5.78 Å². The van der Waals surface area contributed by atoms with Gasteiger partial charge in [-0.1, -0.05) is 11.6 Å². The molecule has 0 aliphatic carbocycles. The third kappa shape index (κ3) is 5.70. The van der Waals surface area contributed by atoms with E-state index >= 15 is 0 Å². The van der Waals surface area contributed by atoms with Gasteiger partial charge in [-0.15, -0.1) is 0 Å². The van der Waals surface area contributed by atoms with Crippen molar-refractivity contribution in [2.24, 2.45) is 5.92 Å². The lowest BCUT2D eigenvalue weighted by Crippen LogP contribution is -2.47. The number of carbonyl (C=O) groups is 1. The molecule has 2 heterocycles. The summed E-state index contributed by atoms with van der Waals surface area (Å²) in [5.74, 6) is 1.12. The Morgan fingerprint density at radius 2 is 1.64 bits per heavy atom. The zero-order chi connectivity index (χ0) is 17.6. The maximum Gasteiger partial charge on any atom is 0.143 e. The minimum absolute atomic E-state index is 0.289. The maximum absolute atomic E-state index is 11.2. The molecule has 138 valence electrons. The smallest absolute Gasteiger partial charge is 0.143 e. The molecule has 0 N–H and O–H groups in total. The minimum Gasteiger partial charge on any atom is -0.369 e. The van der Waals surface area contributed by atoms with Crippen LogP contribution in [0.2, 0.25) is 5.02 Å². The van der Waals surface area contributed by atoms with Crippen molar-refractivity contribution in [3.63, 3.8) is 0 Å². The molecule has 0 aromatic heterocycles. The van der Waals surface area contributed by atoms with E-state index in [-0.39, 0.29) is 5.78 Å². The minimum atomic E-state index is 0.289. The first-order valence-electron chi connectivity index (χ1n) is 9.55. The largest absolute Gasteiger partial charge is 0.369 e. The van der Waals surface area contributed by atoms with E-state index in [0.717, 1.165) is 50.2 Å². The van der Waals surface area contributed by atoms with Gasteiger partial charge >= 0.3 is 0 Å². The highest BCUT2D eigenvalue weighted by Crippen LogP contribution is 2.22. The number of piperidine rings is 1. The van der Waals surface area contributed by atoms with E-state index in [9.17, 15) is 4.79 Å². The van der Waals surface area contributed by atoms with Crippen LogP contribution in [0.1, 0.15) is 26.2 Å². The van der Waals surface area contributed by atoms with Gasteiger partial charge in [-0.3, -0.25) is 14.6 Å². The molecule has 2 saturated heterocycles. The first kappa shape index (κ1) is 18.7. The quantitative estimate of drug-likeness (QED) is 0.775. The number of halogens is 1. The normalized spacial score (nSPS) is 20.8. The lowest BCUT2D eigenvalue weighted by Gasteiger charge is -2.37. The molecule has 2 aliphatic heterocycles. The summed E-state index contributed by atoms with van der Waals surface area (Å²) in [6, 6.07) is 8.18. The predicted molar refractivity (Wildman–Crippen MR) is 105 cm³/mol. The maximum atomic E-state index is 11.2. The van der Waals surface area contributed by atoms with E-state index in [0.29, 0.717) is 6.54 Å². The van der Waals surface area contributed by atoms with Crippen molar-refractivity contribution in [2.75, 3.05) is 57.3 Å². The third-order valence-electron chi connectivity index (χ3n) is 5.57. The molecule has 0 amide bonds. The third-order valence-corrected chi connectivity index (χ3v) is 5.82. The summed E-state index contributed by atoms with van der Waals surface area (Å²) in [7, 11) is 0. The summed E-state index contributed by atoms with van der Waals surface area (Å²) in [6.07, 6.45) is 3.80. The standard InChI is InChI=1S/C20H30ClN3O/c1-17(25)16-23-10-7-18(8-11-23)6-9-22-12-14-24(15-13-22)20-4-2-19(21)3-5-20/h2-5,18H,6-16H2,1H3. The highest BCUT2D eigenvalue weighted by molar-refractivity contribution is 6.30. The van der Waals surface area contributed by atoms with Crippen molar-refractivity contribution in [3.05, 3.63) is 29.3 Å². The van der Waals surface area contributed by atoms with Crippen molar-refractivity contribution < 1.29 is 4.79 Å². The number of Topliss-reactive ketones (excluding diaryl/α,β-unsaturated/α-hetero) is 1. The number of hydrogen-bond donors (Lipinski definition) is 0. The SMILES string of the molecule is CC(=O)CN1CCC(CCN2CCN(c3ccc(Cl)cc3)CC2)CC1. The van der Waals surface area contributed by atoms with E-state index in [2.05, 4.69) is 26.8 Å². The number of rotatable bonds is 6. The average molecular weight is 364 g/mol. The summed E-state index contributed by atoms with van der Waals surface area (Å²) in [4.78, 5) is 18.6. The molecule has 0 bridgehead atoms. The molecule has 1 aromatic carbocycles. The van der Waals surface area contributed by atoms with Crippen LogP contribution < -0.4 is 4.90 Å². The van der Waals surface area contributed by atoms with Crippen molar-refractivity contribution in [3.8, 4) is 0 Å². The molecule has 0 unspecified atom stereocenters. The molecule has 5 heteroatoms. The second-order valence-electron chi connectivity index (χ2n) is 7.52. The molecule has 25 heavy (non-hydrogen) atoms. The van der Waals surface area contributed by atoms with Crippen LogP contribution in [0.25, 0.3) is 0 Å². The van der Waals surface area contributed by atoms with E-state index in [1.165, 1.54) is 31.5 Å². The van der Waals surface area contributed by atoms with E-state index < -0.39 is 0 Å². The van der Waals surface area contributed by atoms with Crippen LogP contribution in [0.4, 0.5) is 5.69 Å². The zero-order valence-electron chi connectivity index (χ0n) is 15.3. The fraction of sp³-hybridized carbons (Fsp3) is 0.650. The van der Waals surface area contributed by atoms with Crippen LogP contribution in [0.5, 0.6) is 0 Å². The Labute approximate surface area is 156 Å². The highest BCUT2D eigenvalue weighted by Gasteiger charge is 2.22. The first-order chi connectivity index (χ1) is 12.1. The number of piperazine rings is 1. The second-order valence-corrected chi connectivity index (χ2v) is 7.95. The first-order valence-corrected chi connectivity index (χ1v) is 9.92. The summed E-state index contributed by atoms with van der Waals surface area (Å²) >= 11 is 5.98. The van der Waals surface area contributed by atoms with Gasteiger partial charge in [0.05, 0.1) is 6.54 Å². The number of likely N-dealkylation sites (tertiary alicyclic amines) is 1. The van der Waals surface area contributed by atoms with Crippen LogP contribution in [-0.4, -0.2) is 67.9 Å². The van der Waals surface area contributed by atoms with Crippen molar-refractivity contribution in [1.82, 2.24) is 9.80 Å². The topological polar surface area (TPSA) is 26.8 Å². The molecule has 4 nitrogen and oxygen atoms in total. The molecule has 0 atom stereocenters. The number of anilines is 1. The van der Waals surface area contributed by atoms with Crippen LogP contribution in [0, 0.1) is 5.92 Å². The summed E-state index contributed by atoms with van der Waals surface area (Å²) in [6.45, 7) is 10.2. The number of nitrogens with zero attached hydrogens (tertiary/aromatic N) is 3. The molecule has 0 saturated carbocycles. The fourth-order valence-corrected chi connectivity index (χ4v) is 4.12. The van der Waals surface area contributed by atoms with E-state index in [4.69, 9.17) is 11.6 Å². The Morgan fingerprint density at radius 3 is 2.24 bits per heavy atom. The lowest BCUT2D eigenvalue weighted by atomic mass is 9.93. The molecule has 3 rings (SSSR count). The average Bonchev–Trinajstić information content (AvgIpc) is 2.62. The lowest BCUT2D eigenvalue weighted by molar-refractivity contribution is -0.118. The van der Waals surface area contributed by atoms with Crippen LogP contribution >= 0.6 is 11.6 Å². The monoisotopic (exact) mass is 363 g/mol. The Morgan fingerprint density at radius 1 is 1.00 bits per heavy atom. The number of hydrogen-bond acceptors (Lipinski definition) is 4. The van der Waals surface area contributed by atoms with Gasteiger partial charge in [0.2, 0.25) is 0 Å². The van der Waals surface area contributed by atoms with Gasteiger partial charge in [0.25, 0.3) is 0 Å². The number of ketones is 1. The van der Waals surface area contributed by atoms with E-state index in [1.807, 2.05) is 12.1 Å². The van der Waals surface area contributed by atoms with Gasteiger partial charge in [-0.25, -0.2) is 0 Å². The van der Waals surface area contributed by atoms with Gasteiger partial charge in [-0.2, -0.15) is 0 Å². The van der Waals surface area contributed by atoms with Gasteiger partial charge in [0.15, 0.2) is 0 Å². The number of carbonyl (C=O) groups excluding carboxylic acids is 1.